The van der Waals surface area contributed by atoms with Crippen LogP contribution in [0.25, 0.3) is 0 Å². The van der Waals surface area contributed by atoms with Crippen molar-refractivity contribution in [1.82, 2.24) is 0 Å². The summed E-state index contributed by atoms with van der Waals surface area (Å²) in [4.78, 5) is -1.62. The zero-order valence-electron chi connectivity index (χ0n) is 20.3. The van der Waals surface area contributed by atoms with Gasteiger partial charge in [-0.05, 0) is 82.7 Å². The van der Waals surface area contributed by atoms with Gasteiger partial charge in [0.1, 0.15) is 11.5 Å². The Morgan fingerprint density at radius 3 is 2.35 bits per heavy atom. The monoisotopic (exact) mass is 510 g/mol. The minimum atomic E-state index is -4.63. The number of ether oxygens (including phenoxy) is 1. The molecule has 7 nitrogen and oxygen atoms in total. The van der Waals surface area contributed by atoms with Crippen molar-refractivity contribution in [2.45, 2.75) is 58.4 Å². The molecule has 0 bridgehead atoms. The van der Waals surface area contributed by atoms with Crippen molar-refractivity contribution in [3.05, 3.63) is 71.3 Å². The summed E-state index contributed by atoms with van der Waals surface area (Å²) in [7, 11) is -8.64. The maximum atomic E-state index is 13.0. The van der Waals surface area contributed by atoms with E-state index in [0.29, 0.717) is 18.6 Å². The smallest absolute Gasteiger partial charge is 0.351 e. The van der Waals surface area contributed by atoms with E-state index in [1.165, 1.54) is 5.57 Å². The van der Waals surface area contributed by atoms with Gasteiger partial charge in [-0.2, -0.15) is 8.42 Å². The van der Waals surface area contributed by atoms with Crippen LogP contribution in [0, 0.1) is 0 Å². The molecule has 0 aliphatic heterocycles. The first-order chi connectivity index (χ1) is 16.1. The van der Waals surface area contributed by atoms with Gasteiger partial charge in [0.05, 0.1) is 13.2 Å². The number of aryl methyl sites for hydroxylation is 1. The number of hydrogen-bond acceptors (Lipinski definition) is 6. The number of rotatable bonds is 14. The average Bonchev–Trinajstić information content (AvgIpc) is 2.76. The first kappa shape index (κ1) is 28.3. The van der Waals surface area contributed by atoms with Crippen LogP contribution in [0.4, 0.5) is 0 Å². The second-order valence-corrected chi connectivity index (χ2v) is 12.2. The molecule has 2 rings (SSSR count). The van der Waals surface area contributed by atoms with Crippen LogP contribution in [-0.4, -0.2) is 31.2 Å². The largest absolute Gasteiger partial charge is 0.457 e. The molecular formula is C25H35O7PS. The Labute approximate surface area is 203 Å². The molecule has 9 heteroatoms. The van der Waals surface area contributed by atoms with E-state index in [9.17, 15) is 17.5 Å². The molecule has 2 aromatic carbocycles. The third-order valence-corrected chi connectivity index (χ3v) is 9.76. The summed E-state index contributed by atoms with van der Waals surface area (Å²) < 4.78 is 63.0. The van der Waals surface area contributed by atoms with Crippen molar-refractivity contribution in [1.29, 1.82) is 0 Å². The molecule has 0 aromatic heterocycles. The lowest BCUT2D eigenvalue weighted by Gasteiger charge is -2.24. The van der Waals surface area contributed by atoms with E-state index in [1.54, 1.807) is 13.8 Å². The van der Waals surface area contributed by atoms with E-state index < -0.39 is 22.7 Å². The average molecular weight is 511 g/mol. The first-order valence-electron chi connectivity index (χ1n) is 11.4. The standard InChI is InChI=1S/C25H35O7PS/c1-5-30-33(26,31-6-2)25(34(27,28)29)16-10-12-21-11-9-14-23(19-21)32-24-15-8-7-13-22(24)18-17-20(3)4/h7-9,11,13-15,17,19,25H,5-6,10,12,16,18H2,1-4H3,(H,27,28,29). The van der Waals surface area contributed by atoms with Gasteiger partial charge in [-0.3, -0.25) is 9.12 Å². The molecule has 0 fully saturated rings. The number of allylic oxidation sites excluding steroid dienone is 2. The lowest BCUT2D eigenvalue weighted by molar-refractivity contribution is 0.215. The van der Waals surface area contributed by atoms with Gasteiger partial charge in [0.2, 0.25) is 0 Å². The summed E-state index contributed by atoms with van der Waals surface area (Å²) in [5, 5.41) is 0. The van der Waals surface area contributed by atoms with Crippen molar-refractivity contribution >= 4 is 17.7 Å². The molecular weight excluding hydrogens is 475 g/mol. The zero-order valence-corrected chi connectivity index (χ0v) is 22.0. The van der Waals surface area contributed by atoms with Gasteiger partial charge in [-0.25, -0.2) is 0 Å². The second kappa shape index (κ2) is 13.2. The van der Waals surface area contributed by atoms with Crippen molar-refractivity contribution in [3.63, 3.8) is 0 Å². The van der Waals surface area contributed by atoms with Gasteiger partial charge in [0.15, 0.2) is 4.99 Å². The van der Waals surface area contributed by atoms with Gasteiger partial charge < -0.3 is 13.8 Å². The Kier molecular flexibility index (Phi) is 11.0. The molecule has 34 heavy (non-hydrogen) atoms. The van der Waals surface area contributed by atoms with Crippen LogP contribution in [0.2, 0.25) is 0 Å². The van der Waals surface area contributed by atoms with E-state index in [1.807, 2.05) is 48.5 Å². The zero-order chi connectivity index (χ0) is 25.2. The molecule has 0 saturated heterocycles. The molecule has 0 spiro atoms. The topological polar surface area (TPSA) is 99.1 Å². The molecule has 0 aliphatic rings. The van der Waals surface area contributed by atoms with E-state index >= 15 is 0 Å². The fraction of sp³-hybridized carbons (Fsp3) is 0.440. The molecule has 1 unspecified atom stereocenters. The van der Waals surface area contributed by atoms with Crippen LogP contribution in [0.1, 0.15) is 51.7 Å². The lowest BCUT2D eigenvalue weighted by Crippen LogP contribution is -2.23. The normalized spacial score (nSPS) is 12.9. The molecule has 2 aromatic rings. The van der Waals surface area contributed by atoms with Gasteiger partial charge in [-0.1, -0.05) is 42.0 Å². The number of para-hydroxylation sites is 1. The highest BCUT2D eigenvalue weighted by Crippen LogP contribution is 2.56. The highest BCUT2D eigenvalue weighted by atomic mass is 32.2. The van der Waals surface area contributed by atoms with E-state index in [-0.39, 0.29) is 19.6 Å². The Hall–Kier alpha value is -1.96. The summed E-state index contributed by atoms with van der Waals surface area (Å²) in [5.41, 5.74) is 3.24. The maximum absolute atomic E-state index is 13.0. The molecule has 0 radical (unpaired) electrons. The van der Waals surface area contributed by atoms with Gasteiger partial charge in [-0.15, -0.1) is 0 Å². The third-order valence-electron chi connectivity index (χ3n) is 5.06. The van der Waals surface area contributed by atoms with Crippen molar-refractivity contribution < 1.29 is 31.3 Å². The Morgan fingerprint density at radius 2 is 1.74 bits per heavy atom. The van der Waals surface area contributed by atoms with Crippen molar-refractivity contribution in [2.24, 2.45) is 0 Å². The molecule has 0 aliphatic carbocycles. The van der Waals surface area contributed by atoms with Crippen LogP contribution >= 0.6 is 7.60 Å². The molecule has 1 atom stereocenters. The van der Waals surface area contributed by atoms with Gasteiger partial charge >= 0.3 is 7.60 Å². The van der Waals surface area contributed by atoms with Crippen LogP contribution in [0.5, 0.6) is 11.5 Å². The summed E-state index contributed by atoms with van der Waals surface area (Å²) >= 11 is 0. The lowest BCUT2D eigenvalue weighted by atomic mass is 10.1. The quantitative estimate of drug-likeness (QED) is 0.170. The Bertz CT molecular complexity index is 1100. The summed E-state index contributed by atoms with van der Waals surface area (Å²) in [6, 6.07) is 15.4. The van der Waals surface area contributed by atoms with Crippen LogP contribution < -0.4 is 4.74 Å². The molecule has 0 saturated carbocycles. The molecule has 0 heterocycles. The Morgan fingerprint density at radius 1 is 1.06 bits per heavy atom. The van der Waals surface area contributed by atoms with Crippen LogP contribution in [0.3, 0.4) is 0 Å². The second-order valence-electron chi connectivity index (χ2n) is 8.08. The minimum Gasteiger partial charge on any atom is -0.457 e. The number of benzene rings is 2. The predicted molar refractivity (Wildman–Crippen MR) is 135 cm³/mol. The van der Waals surface area contributed by atoms with Crippen LogP contribution in [0.15, 0.2) is 60.2 Å². The van der Waals surface area contributed by atoms with Crippen molar-refractivity contribution in [2.75, 3.05) is 13.2 Å². The van der Waals surface area contributed by atoms with E-state index in [4.69, 9.17) is 13.8 Å². The van der Waals surface area contributed by atoms with E-state index in [0.717, 1.165) is 23.3 Å². The number of hydrogen-bond donors (Lipinski definition) is 1. The molecule has 188 valence electrons. The van der Waals surface area contributed by atoms with E-state index in [2.05, 4.69) is 19.9 Å². The van der Waals surface area contributed by atoms with Gasteiger partial charge in [0.25, 0.3) is 10.1 Å². The first-order valence-corrected chi connectivity index (χ1v) is 14.5. The summed E-state index contributed by atoms with van der Waals surface area (Å²) in [5.74, 6) is 1.45. The third kappa shape index (κ3) is 8.67. The fourth-order valence-electron chi connectivity index (χ4n) is 3.49. The fourth-order valence-corrected chi connectivity index (χ4v) is 7.25. The van der Waals surface area contributed by atoms with Gasteiger partial charge in [0, 0.05) is 0 Å². The molecule has 0 amide bonds. The SMILES string of the molecule is CCOP(=O)(OCC)C(CCCc1cccc(Oc2ccccc2CC=C(C)C)c1)S(=O)(=O)O. The minimum absolute atomic E-state index is 0.0117. The maximum Gasteiger partial charge on any atom is 0.351 e. The summed E-state index contributed by atoms with van der Waals surface area (Å²) in [6.07, 6.45) is 3.71. The predicted octanol–water partition coefficient (Wildman–Crippen LogP) is 6.79. The van der Waals surface area contributed by atoms with Crippen LogP contribution in [-0.2, 0) is 36.6 Å². The summed E-state index contributed by atoms with van der Waals surface area (Å²) in [6.45, 7) is 7.32. The highest BCUT2D eigenvalue weighted by Gasteiger charge is 2.44. The highest BCUT2D eigenvalue weighted by molar-refractivity contribution is 7.94. The van der Waals surface area contributed by atoms with Crippen molar-refractivity contribution in [3.8, 4) is 11.5 Å². The molecule has 1 N–H and O–H groups in total. The Balaban J connectivity index is 2.11.